The predicted molar refractivity (Wildman–Crippen MR) is 228 cm³/mol. The van der Waals surface area contributed by atoms with Crippen molar-refractivity contribution >= 4 is 11.9 Å². The SMILES string of the molecule is CC(C)(C)c1cc(C(C)(C)C)c2c(c1)[C@@](c1ccc(OCCCO)cc1)([C@@]1(c3ccc(OCCCO)cc3)C(=O)Oc3c(C(C)(C)C)cc(C(C)(C)C)cc31)C(=O)O2. The van der Waals surface area contributed by atoms with E-state index in [1.807, 2.05) is 48.5 Å². The molecule has 0 unspecified atom stereocenters. The molecule has 0 saturated heterocycles. The van der Waals surface area contributed by atoms with Gasteiger partial charge in [0.05, 0.1) is 13.2 Å². The third kappa shape index (κ3) is 7.21. The van der Waals surface area contributed by atoms with Gasteiger partial charge < -0.3 is 29.2 Å². The van der Waals surface area contributed by atoms with Gasteiger partial charge in [0.1, 0.15) is 33.8 Å². The summed E-state index contributed by atoms with van der Waals surface area (Å²) in [6.07, 6.45) is 0.933. The molecule has 0 radical (unpaired) electrons. The molecule has 0 spiro atoms. The molecule has 0 aromatic heterocycles. The lowest BCUT2D eigenvalue weighted by Gasteiger charge is -2.43. The van der Waals surface area contributed by atoms with Crippen molar-refractivity contribution in [2.75, 3.05) is 26.4 Å². The Morgan fingerprint density at radius 2 is 0.828 bits per heavy atom. The van der Waals surface area contributed by atoms with E-state index in [1.165, 1.54) is 0 Å². The summed E-state index contributed by atoms with van der Waals surface area (Å²) in [6, 6.07) is 23.1. The van der Waals surface area contributed by atoms with E-state index in [1.54, 1.807) is 0 Å². The first-order chi connectivity index (χ1) is 27.0. The van der Waals surface area contributed by atoms with Gasteiger partial charge in [-0.2, -0.15) is 0 Å². The van der Waals surface area contributed by atoms with Gasteiger partial charge in [-0.25, -0.2) is 0 Å². The van der Waals surface area contributed by atoms with Crippen LogP contribution in [0.25, 0.3) is 0 Å². The number of carbonyl (C=O) groups is 2. The number of hydrogen-bond donors (Lipinski definition) is 2. The summed E-state index contributed by atoms with van der Waals surface area (Å²) in [5, 5.41) is 18.9. The molecule has 310 valence electrons. The first-order valence-electron chi connectivity index (χ1n) is 20.5. The smallest absolute Gasteiger partial charge is 0.328 e. The Bertz CT molecular complexity index is 2020. The Hall–Kier alpha value is -4.66. The van der Waals surface area contributed by atoms with Crippen molar-refractivity contribution in [2.45, 2.75) is 128 Å². The van der Waals surface area contributed by atoms with Crippen molar-refractivity contribution in [2.24, 2.45) is 0 Å². The van der Waals surface area contributed by atoms with Crippen molar-refractivity contribution in [3.63, 3.8) is 0 Å². The third-order valence-electron chi connectivity index (χ3n) is 11.6. The van der Waals surface area contributed by atoms with Gasteiger partial charge in [-0.15, -0.1) is 0 Å². The second-order valence-electron chi connectivity index (χ2n) is 20.0. The Balaban J connectivity index is 1.85. The number of benzene rings is 4. The number of fused-ring (bicyclic) bond motifs is 2. The molecule has 4 aromatic carbocycles. The lowest BCUT2D eigenvalue weighted by Crippen LogP contribution is -2.58. The lowest BCUT2D eigenvalue weighted by atomic mass is 9.51. The number of rotatable bonds is 11. The molecule has 0 amide bonds. The zero-order chi connectivity index (χ0) is 42.6. The highest BCUT2D eigenvalue weighted by molar-refractivity contribution is 6.09. The number of aliphatic hydroxyl groups excluding tert-OH is 2. The van der Waals surface area contributed by atoms with Gasteiger partial charge in [0.25, 0.3) is 0 Å². The maximum absolute atomic E-state index is 15.9. The van der Waals surface area contributed by atoms with Crippen LogP contribution in [-0.2, 0) is 42.1 Å². The summed E-state index contributed by atoms with van der Waals surface area (Å²) in [5.74, 6) is 0.855. The largest absolute Gasteiger partial charge is 0.494 e. The standard InChI is InChI=1S/C50H62O8/c1-45(2,3)33-27-37(47(7,8)9)41-39(29-33)49(43(53)57-41,31-15-19-35(20-16-31)55-25-13-23-51)50(32-17-21-36(22-18-32)56-26-14-24-52)40-30-34(46(4,5)6)28-38(48(10,11)12)42(40)58-44(50)54/h15-22,27-30,51-52H,13-14,23-26H2,1-12H3/t49-,50-/m1/s1. The van der Waals surface area contributed by atoms with E-state index in [0.29, 0.717) is 71.3 Å². The number of aliphatic hydroxyl groups is 2. The highest BCUT2D eigenvalue weighted by Crippen LogP contribution is 2.65. The molecular weight excluding hydrogens is 729 g/mol. The molecule has 2 atom stereocenters. The van der Waals surface area contributed by atoms with E-state index < -0.39 is 33.6 Å². The average molecular weight is 791 g/mol. The number of hydrogen-bond acceptors (Lipinski definition) is 8. The summed E-state index contributed by atoms with van der Waals surface area (Å²) in [4.78, 5) is 31.8. The predicted octanol–water partition coefficient (Wildman–Crippen LogP) is 9.51. The van der Waals surface area contributed by atoms with Crippen molar-refractivity contribution in [1.29, 1.82) is 0 Å². The van der Waals surface area contributed by atoms with Crippen LogP contribution in [0.3, 0.4) is 0 Å². The zero-order valence-corrected chi connectivity index (χ0v) is 36.5. The molecule has 8 nitrogen and oxygen atoms in total. The van der Waals surface area contributed by atoms with Gasteiger partial charge in [0.2, 0.25) is 0 Å². The number of esters is 2. The maximum atomic E-state index is 15.9. The average Bonchev–Trinajstić information content (AvgIpc) is 3.60. The van der Waals surface area contributed by atoms with Gasteiger partial charge in [0, 0.05) is 48.3 Å². The molecular formula is C50H62O8. The topological polar surface area (TPSA) is 112 Å². The maximum Gasteiger partial charge on any atom is 0.328 e. The second kappa shape index (κ2) is 15.2. The lowest BCUT2D eigenvalue weighted by molar-refractivity contribution is -0.147. The highest BCUT2D eigenvalue weighted by Gasteiger charge is 2.73. The Kier molecular flexibility index (Phi) is 11.2. The van der Waals surface area contributed by atoms with Crippen LogP contribution in [0.5, 0.6) is 23.0 Å². The van der Waals surface area contributed by atoms with E-state index in [-0.39, 0.29) is 24.0 Å². The quantitative estimate of drug-likeness (QED) is 0.0879. The molecule has 0 fully saturated rings. The molecule has 58 heavy (non-hydrogen) atoms. The number of carbonyl (C=O) groups excluding carboxylic acids is 2. The molecule has 2 aliphatic rings. The van der Waals surface area contributed by atoms with Crippen LogP contribution in [0, 0.1) is 0 Å². The van der Waals surface area contributed by atoms with Gasteiger partial charge in [-0.3, -0.25) is 9.59 Å². The minimum absolute atomic E-state index is 0.00153. The summed E-state index contributed by atoms with van der Waals surface area (Å²) in [5.41, 5.74) is 0.809. The van der Waals surface area contributed by atoms with Gasteiger partial charge >= 0.3 is 11.9 Å². The van der Waals surface area contributed by atoms with Crippen LogP contribution < -0.4 is 18.9 Å². The molecule has 6 rings (SSSR count). The first-order valence-corrected chi connectivity index (χ1v) is 20.5. The third-order valence-corrected chi connectivity index (χ3v) is 11.6. The minimum Gasteiger partial charge on any atom is -0.494 e. The van der Waals surface area contributed by atoms with E-state index in [0.717, 1.165) is 22.3 Å². The molecule has 2 N–H and O–H groups in total. The van der Waals surface area contributed by atoms with E-state index in [9.17, 15) is 10.2 Å². The highest BCUT2D eigenvalue weighted by atomic mass is 16.6. The Labute approximate surface area is 344 Å². The van der Waals surface area contributed by atoms with Crippen molar-refractivity contribution in [3.8, 4) is 23.0 Å². The van der Waals surface area contributed by atoms with Crippen LogP contribution in [-0.4, -0.2) is 48.6 Å². The fourth-order valence-corrected chi connectivity index (χ4v) is 8.37. The summed E-state index contributed by atoms with van der Waals surface area (Å²) in [7, 11) is 0. The van der Waals surface area contributed by atoms with E-state index in [4.69, 9.17) is 18.9 Å². The van der Waals surface area contributed by atoms with Crippen molar-refractivity contribution in [1.82, 2.24) is 0 Å². The molecule has 0 bridgehead atoms. The van der Waals surface area contributed by atoms with Crippen molar-refractivity contribution < 1.29 is 38.7 Å². The summed E-state index contributed by atoms with van der Waals surface area (Å²) < 4.78 is 25.3. The van der Waals surface area contributed by atoms with Crippen LogP contribution >= 0.6 is 0 Å². The zero-order valence-electron chi connectivity index (χ0n) is 36.5. The van der Waals surface area contributed by atoms with E-state index in [2.05, 4.69) is 107 Å². The van der Waals surface area contributed by atoms with Gasteiger partial charge in [-0.05, 0) is 80.3 Å². The molecule has 8 heteroatoms. The summed E-state index contributed by atoms with van der Waals surface area (Å²) in [6.45, 7) is 26.2. The molecule has 2 aliphatic heterocycles. The van der Waals surface area contributed by atoms with Gasteiger partial charge in [-0.1, -0.05) is 119 Å². The van der Waals surface area contributed by atoms with Crippen LogP contribution in [0.15, 0.2) is 72.8 Å². The Morgan fingerprint density at radius 3 is 1.10 bits per heavy atom. The van der Waals surface area contributed by atoms with Crippen LogP contribution in [0.2, 0.25) is 0 Å². The minimum atomic E-state index is -1.81. The summed E-state index contributed by atoms with van der Waals surface area (Å²) >= 11 is 0. The Morgan fingerprint density at radius 1 is 0.500 bits per heavy atom. The van der Waals surface area contributed by atoms with Crippen LogP contribution in [0.4, 0.5) is 0 Å². The molecule has 2 heterocycles. The second-order valence-corrected chi connectivity index (χ2v) is 20.0. The fraction of sp³-hybridized carbons (Fsp3) is 0.480. The van der Waals surface area contributed by atoms with Gasteiger partial charge in [0.15, 0.2) is 0 Å². The molecule has 0 aliphatic carbocycles. The fourth-order valence-electron chi connectivity index (χ4n) is 8.37. The molecule has 0 saturated carbocycles. The van der Waals surface area contributed by atoms with Crippen LogP contribution in [0.1, 0.15) is 140 Å². The monoisotopic (exact) mass is 790 g/mol. The first kappa shape index (κ1) is 42.9. The number of ether oxygens (including phenoxy) is 4. The van der Waals surface area contributed by atoms with Crippen molar-refractivity contribution in [3.05, 3.63) is 117 Å². The van der Waals surface area contributed by atoms with E-state index >= 15 is 9.59 Å². The normalized spacial score (nSPS) is 19.4. The molecule has 4 aromatic rings.